The van der Waals surface area contributed by atoms with Gasteiger partial charge in [-0.25, -0.2) is 0 Å². The molecule has 0 atom stereocenters. The first-order valence-corrected chi connectivity index (χ1v) is 16.3. The number of rotatable bonds is 24. The number of nitrogens with zero attached hydrogens (tertiary/aromatic N) is 1. The maximum Gasteiger partial charge on any atom is 0.311 e. The summed E-state index contributed by atoms with van der Waals surface area (Å²) >= 11 is 0. The Morgan fingerprint density at radius 2 is 1.02 bits per heavy atom. The zero-order valence-electron chi connectivity index (χ0n) is 25.9. The summed E-state index contributed by atoms with van der Waals surface area (Å²) in [4.78, 5) is 25.4. The van der Waals surface area contributed by atoms with Gasteiger partial charge in [-0.05, 0) is 61.4 Å². The standard InChI is InChI=1S/C35H54N2O5/c1-2-3-4-5-6-7-8-9-10-11-12-13-14-15-16-17-27-37(35(40)34(36)39)28-18-29-41-31-23-25-33(26-24-31)42-32-21-19-30(38)20-22-32/h19-26,38H,2-18,27-29H2,1H3,(H2,36,39). The summed E-state index contributed by atoms with van der Waals surface area (Å²) in [7, 11) is 0. The third-order valence-electron chi connectivity index (χ3n) is 7.52. The molecule has 0 spiro atoms. The molecule has 7 nitrogen and oxygen atoms in total. The molecule has 0 aliphatic carbocycles. The van der Waals surface area contributed by atoms with Gasteiger partial charge in [0.25, 0.3) is 0 Å². The fourth-order valence-electron chi connectivity index (χ4n) is 5.02. The number of hydrogen-bond acceptors (Lipinski definition) is 5. The fourth-order valence-corrected chi connectivity index (χ4v) is 5.02. The van der Waals surface area contributed by atoms with Crippen LogP contribution in [0.5, 0.6) is 23.0 Å². The number of carbonyl (C=O) groups excluding carboxylic acids is 2. The van der Waals surface area contributed by atoms with Gasteiger partial charge in [-0.3, -0.25) is 9.59 Å². The van der Waals surface area contributed by atoms with E-state index in [0.29, 0.717) is 43.4 Å². The predicted octanol–water partition coefficient (Wildman–Crippen LogP) is 8.53. The summed E-state index contributed by atoms with van der Waals surface area (Å²) in [6, 6.07) is 13.8. The molecule has 0 aromatic heterocycles. The van der Waals surface area contributed by atoms with E-state index in [0.717, 1.165) is 19.3 Å². The molecular formula is C35H54N2O5. The molecule has 0 aliphatic heterocycles. The van der Waals surface area contributed by atoms with Crippen LogP contribution in [-0.4, -0.2) is 41.5 Å². The SMILES string of the molecule is CCCCCCCCCCCCCCCCCCN(CCCOc1ccc(Oc2ccc(O)cc2)cc1)C(=O)C(N)=O. The molecule has 234 valence electrons. The minimum Gasteiger partial charge on any atom is -0.508 e. The minimum absolute atomic E-state index is 0.187. The second kappa shape index (κ2) is 22.4. The topological polar surface area (TPSA) is 102 Å². The first-order chi connectivity index (χ1) is 20.5. The van der Waals surface area contributed by atoms with E-state index in [-0.39, 0.29) is 5.75 Å². The van der Waals surface area contributed by atoms with Crippen molar-refractivity contribution in [2.24, 2.45) is 5.73 Å². The zero-order valence-corrected chi connectivity index (χ0v) is 25.9. The Morgan fingerprint density at radius 1 is 0.619 bits per heavy atom. The number of phenols is 1. The Kier molecular flexibility index (Phi) is 18.6. The number of unbranched alkanes of at least 4 members (excludes halogenated alkanes) is 15. The molecule has 2 amide bonds. The molecule has 0 radical (unpaired) electrons. The monoisotopic (exact) mass is 582 g/mol. The minimum atomic E-state index is -0.906. The van der Waals surface area contributed by atoms with Crippen LogP contribution in [0.4, 0.5) is 0 Å². The highest BCUT2D eigenvalue weighted by atomic mass is 16.5. The molecule has 7 heteroatoms. The van der Waals surface area contributed by atoms with E-state index >= 15 is 0 Å². The van der Waals surface area contributed by atoms with Crippen molar-refractivity contribution in [1.82, 2.24) is 4.90 Å². The van der Waals surface area contributed by atoms with Gasteiger partial charge in [0.05, 0.1) is 6.61 Å². The number of ether oxygens (including phenoxy) is 2. The highest BCUT2D eigenvalue weighted by Gasteiger charge is 2.18. The van der Waals surface area contributed by atoms with Gasteiger partial charge in [0.15, 0.2) is 0 Å². The smallest absolute Gasteiger partial charge is 0.311 e. The molecular weight excluding hydrogens is 528 g/mol. The molecule has 3 N–H and O–H groups in total. The van der Waals surface area contributed by atoms with Crippen molar-refractivity contribution < 1.29 is 24.2 Å². The summed E-state index contributed by atoms with van der Waals surface area (Å²) < 4.78 is 11.6. The summed E-state index contributed by atoms with van der Waals surface area (Å²) in [6.45, 7) is 3.66. The molecule has 0 unspecified atom stereocenters. The van der Waals surface area contributed by atoms with Crippen molar-refractivity contribution in [2.45, 2.75) is 116 Å². The van der Waals surface area contributed by atoms with Crippen LogP contribution in [0.1, 0.15) is 116 Å². The second-order valence-corrected chi connectivity index (χ2v) is 11.2. The number of primary amides is 1. The van der Waals surface area contributed by atoms with Crippen molar-refractivity contribution >= 4 is 11.8 Å². The largest absolute Gasteiger partial charge is 0.508 e. The molecule has 0 saturated heterocycles. The molecule has 2 aromatic rings. The van der Waals surface area contributed by atoms with E-state index in [2.05, 4.69) is 6.92 Å². The van der Waals surface area contributed by atoms with Crippen LogP contribution in [-0.2, 0) is 9.59 Å². The fraction of sp³-hybridized carbons (Fsp3) is 0.600. The maximum absolute atomic E-state index is 12.3. The van der Waals surface area contributed by atoms with Crippen LogP contribution >= 0.6 is 0 Å². The normalized spacial score (nSPS) is 10.9. The number of amides is 2. The van der Waals surface area contributed by atoms with Crippen LogP contribution in [0, 0.1) is 0 Å². The lowest BCUT2D eigenvalue weighted by Gasteiger charge is -2.21. The van der Waals surface area contributed by atoms with Crippen LogP contribution in [0.25, 0.3) is 0 Å². The Morgan fingerprint density at radius 3 is 1.50 bits per heavy atom. The molecule has 2 rings (SSSR count). The zero-order chi connectivity index (χ0) is 30.3. The van der Waals surface area contributed by atoms with Crippen molar-refractivity contribution in [3.63, 3.8) is 0 Å². The summed E-state index contributed by atoms with van der Waals surface area (Å²) in [5, 5.41) is 9.38. The number of hydrogen-bond donors (Lipinski definition) is 2. The number of carbonyl (C=O) groups is 2. The Bertz CT molecular complexity index is 978. The Labute approximate surface area is 253 Å². The van der Waals surface area contributed by atoms with E-state index in [1.165, 1.54) is 83.5 Å². The molecule has 0 aliphatic rings. The number of benzene rings is 2. The Balaban J connectivity index is 1.52. The molecule has 2 aromatic carbocycles. The molecule has 42 heavy (non-hydrogen) atoms. The summed E-state index contributed by atoms with van der Waals surface area (Å²) in [5.41, 5.74) is 5.28. The van der Waals surface area contributed by atoms with Gasteiger partial charge in [0, 0.05) is 13.1 Å². The molecule has 0 heterocycles. The molecule has 0 fully saturated rings. The van der Waals surface area contributed by atoms with Crippen molar-refractivity contribution in [1.29, 1.82) is 0 Å². The molecule has 0 saturated carbocycles. The van der Waals surface area contributed by atoms with Crippen molar-refractivity contribution in [2.75, 3.05) is 19.7 Å². The van der Waals surface area contributed by atoms with E-state index < -0.39 is 11.8 Å². The van der Waals surface area contributed by atoms with E-state index in [1.54, 1.807) is 29.2 Å². The highest BCUT2D eigenvalue weighted by molar-refractivity contribution is 6.34. The summed E-state index contributed by atoms with van der Waals surface area (Å²) in [5.74, 6) is 0.643. The van der Waals surface area contributed by atoms with Gasteiger partial charge < -0.3 is 25.2 Å². The highest BCUT2D eigenvalue weighted by Crippen LogP contribution is 2.25. The van der Waals surface area contributed by atoms with Crippen LogP contribution in [0.3, 0.4) is 0 Å². The van der Waals surface area contributed by atoms with Crippen LogP contribution in [0.2, 0.25) is 0 Å². The maximum atomic E-state index is 12.3. The van der Waals surface area contributed by atoms with Crippen LogP contribution < -0.4 is 15.2 Å². The quantitative estimate of drug-likeness (QED) is 0.0954. The lowest BCUT2D eigenvalue weighted by atomic mass is 10.0. The second-order valence-electron chi connectivity index (χ2n) is 11.2. The lowest BCUT2D eigenvalue weighted by molar-refractivity contribution is -0.144. The van der Waals surface area contributed by atoms with Gasteiger partial charge in [0.1, 0.15) is 23.0 Å². The summed E-state index contributed by atoms with van der Waals surface area (Å²) in [6.07, 6.45) is 21.3. The van der Waals surface area contributed by atoms with Gasteiger partial charge in [-0.1, -0.05) is 103 Å². The van der Waals surface area contributed by atoms with Gasteiger partial charge >= 0.3 is 11.8 Å². The van der Waals surface area contributed by atoms with E-state index in [4.69, 9.17) is 15.2 Å². The third-order valence-corrected chi connectivity index (χ3v) is 7.52. The van der Waals surface area contributed by atoms with E-state index in [9.17, 15) is 14.7 Å². The average molecular weight is 583 g/mol. The first-order valence-electron chi connectivity index (χ1n) is 16.3. The van der Waals surface area contributed by atoms with Crippen molar-refractivity contribution in [3.05, 3.63) is 48.5 Å². The first kappa shape index (κ1) is 35.0. The van der Waals surface area contributed by atoms with E-state index in [1.807, 2.05) is 24.3 Å². The molecule has 0 bridgehead atoms. The predicted molar refractivity (Wildman–Crippen MR) is 170 cm³/mol. The average Bonchev–Trinajstić information content (AvgIpc) is 2.99. The Hall–Kier alpha value is -3.22. The van der Waals surface area contributed by atoms with Gasteiger partial charge in [-0.2, -0.15) is 0 Å². The van der Waals surface area contributed by atoms with Crippen LogP contribution in [0.15, 0.2) is 48.5 Å². The number of nitrogens with two attached hydrogens (primary N) is 1. The third kappa shape index (κ3) is 16.3. The van der Waals surface area contributed by atoms with Crippen molar-refractivity contribution in [3.8, 4) is 23.0 Å². The lowest BCUT2D eigenvalue weighted by Crippen LogP contribution is -2.41. The van der Waals surface area contributed by atoms with Gasteiger partial charge in [-0.15, -0.1) is 0 Å². The number of aromatic hydroxyl groups is 1. The number of phenolic OH excluding ortho intramolecular Hbond substituents is 1. The van der Waals surface area contributed by atoms with Gasteiger partial charge in [0.2, 0.25) is 0 Å².